The van der Waals surface area contributed by atoms with Crippen LogP contribution in [-0.4, -0.2) is 30.5 Å². The maximum Gasteiger partial charge on any atom is 0.345 e. The number of fused-ring (bicyclic) bond motifs is 1. The zero-order valence-corrected chi connectivity index (χ0v) is 22.1. The Morgan fingerprint density at radius 3 is 2.54 bits per heavy atom. The van der Waals surface area contributed by atoms with Crippen molar-refractivity contribution in [2.24, 2.45) is 5.10 Å². The third kappa shape index (κ3) is 6.74. The van der Waals surface area contributed by atoms with Crippen molar-refractivity contribution in [3.63, 3.8) is 0 Å². The number of rotatable bonds is 7. The standard InChI is InChI=1S/C27H18BrCl2N3O4/c28-18-6-3-5-17(12-18)26(35)31-15-25(34)33-32-14-22-20-7-2-1-4-16(20)8-11-24(22)37-27(36)21-10-9-19(29)13-23(21)30/h1-14H,15H2,(H,31,35)(H,33,34)/b32-14-. The highest BCUT2D eigenvalue weighted by molar-refractivity contribution is 9.10. The van der Waals surface area contributed by atoms with Crippen LogP contribution in [0.4, 0.5) is 0 Å². The molecule has 4 rings (SSSR count). The Balaban J connectivity index is 1.49. The molecule has 7 nitrogen and oxygen atoms in total. The molecular weight excluding hydrogens is 581 g/mol. The van der Waals surface area contributed by atoms with Crippen LogP contribution in [0.5, 0.6) is 5.75 Å². The van der Waals surface area contributed by atoms with Crippen molar-refractivity contribution in [1.82, 2.24) is 10.7 Å². The van der Waals surface area contributed by atoms with Crippen LogP contribution in [0.25, 0.3) is 10.8 Å². The number of hydrogen-bond donors (Lipinski definition) is 2. The van der Waals surface area contributed by atoms with Gasteiger partial charge in [-0.3, -0.25) is 9.59 Å². The molecule has 0 radical (unpaired) electrons. The molecule has 0 saturated carbocycles. The lowest BCUT2D eigenvalue weighted by molar-refractivity contribution is -0.120. The first-order chi connectivity index (χ1) is 17.8. The second-order valence-electron chi connectivity index (χ2n) is 7.70. The summed E-state index contributed by atoms with van der Waals surface area (Å²) in [5.74, 6) is -1.39. The van der Waals surface area contributed by atoms with Gasteiger partial charge in [0.15, 0.2) is 0 Å². The molecule has 0 aliphatic carbocycles. The molecule has 4 aromatic carbocycles. The van der Waals surface area contributed by atoms with E-state index in [9.17, 15) is 14.4 Å². The molecule has 0 aliphatic rings. The van der Waals surface area contributed by atoms with Gasteiger partial charge in [0, 0.05) is 20.6 Å². The molecule has 0 unspecified atom stereocenters. The average Bonchev–Trinajstić information content (AvgIpc) is 2.88. The molecule has 37 heavy (non-hydrogen) atoms. The maximum absolute atomic E-state index is 12.8. The predicted octanol–water partition coefficient (Wildman–Crippen LogP) is 6.01. The molecule has 186 valence electrons. The van der Waals surface area contributed by atoms with Gasteiger partial charge in [0.05, 0.1) is 23.3 Å². The zero-order valence-electron chi connectivity index (χ0n) is 19.0. The fourth-order valence-electron chi connectivity index (χ4n) is 3.41. The third-order valence-electron chi connectivity index (χ3n) is 5.16. The highest BCUT2D eigenvalue weighted by Gasteiger charge is 2.16. The highest BCUT2D eigenvalue weighted by Crippen LogP contribution is 2.29. The van der Waals surface area contributed by atoms with E-state index in [0.717, 1.165) is 15.2 Å². The van der Waals surface area contributed by atoms with Gasteiger partial charge < -0.3 is 10.1 Å². The third-order valence-corrected chi connectivity index (χ3v) is 6.20. The minimum Gasteiger partial charge on any atom is -0.422 e. The summed E-state index contributed by atoms with van der Waals surface area (Å²) in [4.78, 5) is 37.3. The molecule has 0 spiro atoms. The summed E-state index contributed by atoms with van der Waals surface area (Å²) in [5, 5.41) is 8.71. The maximum atomic E-state index is 12.8. The number of ether oxygens (including phenoxy) is 1. The molecule has 0 fully saturated rings. The van der Waals surface area contributed by atoms with Crippen molar-refractivity contribution in [1.29, 1.82) is 0 Å². The van der Waals surface area contributed by atoms with Crippen LogP contribution in [0.1, 0.15) is 26.3 Å². The normalized spacial score (nSPS) is 10.9. The molecule has 10 heteroatoms. The number of benzene rings is 4. The molecule has 4 aromatic rings. The van der Waals surface area contributed by atoms with Crippen molar-refractivity contribution >= 4 is 73.9 Å². The Morgan fingerprint density at radius 1 is 0.946 bits per heavy atom. The van der Waals surface area contributed by atoms with Gasteiger partial charge in [-0.2, -0.15) is 5.10 Å². The smallest absolute Gasteiger partial charge is 0.345 e. The average molecular weight is 599 g/mol. The van der Waals surface area contributed by atoms with Crippen LogP contribution in [0.15, 0.2) is 88.4 Å². The zero-order chi connectivity index (χ0) is 26.4. The van der Waals surface area contributed by atoms with Gasteiger partial charge >= 0.3 is 5.97 Å². The van der Waals surface area contributed by atoms with E-state index in [1.807, 2.05) is 24.3 Å². The Morgan fingerprint density at radius 2 is 1.76 bits per heavy atom. The van der Waals surface area contributed by atoms with Crippen molar-refractivity contribution in [2.45, 2.75) is 0 Å². The fourth-order valence-corrected chi connectivity index (χ4v) is 4.29. The minimum absolute atomic E-state index is 0.150. The number of nitrogens with one attached hydrogen (secondary N) is 2. The second kappa shape index (κ2) is 12.0. The lowest BCUT2D eigenvalue weighted by Gasteiger charge is -2.11. The molecule has 0 heterocycles. The molecule has 2 N–H and O–H groups in total. The van der Waals surface area contributed by atoms with E-state index in [1.165, 1.54) is 24.4 Å². The first-order valence-corrected chi connectivity index (χ1v) is 12.4. The van der Waals surface area contributed by atoms with Gasteiger partial charge in [-0.25, -0.2) is 10.2 Å². The Labute approximate surface area is 230 Å². The number of halogens is 3. The summed E-state index contributed by atoms with van der Waals surface area (Å²) in [6, 6.07) is 22.1. The van der Waals surface area contributed by atoms with Crippen molar-refractivity contribution in [3.05, 3.63) is 110 Å². The summed E-state index contributed by atoms with van der Waals surface area (Å²) in [6.45, 7) is -0.283. The van der Waals surface area contributed by atoms with Crippen molar-refractivity contribution < 1.29 is 19.1 Å². The topological polar surface area (TPSA) is 96.9 Å². The van der Waals surface area contributed by atoms with Gasteiger partial charge in [0.25, 0.3) is 11.8 Å². The molecule has 2 amide bonds. The number of esters is 1. The van der Waals surface area contributed by atoms with Crippen LogP contribution in [0, 0.1) is 0 Å². The van der Waals surface area contributed by atoms with E-state index in [4.69, 9.17) is 27.9 Å². The molecule has 0 atom stereocenters. The minimum atomic E-state index is -0.675. The lowest BCUT2D eigenvalue weighted by Crippen LogP contribution is -2.34. The van der Waals surface area contributed by atoms with Gasteiger partial charge in [-0.05, 0) is 53.2 Å². The summed E-state index contributed by atoms with van der Waals surface area (Å²) < 4.78 is 6.37. The van der Waals surface area contributed by atoms with E-state index in [1.54, 1.807) is 36.4 Å². The fraction of sp³-hybridized carbons (Fsp3) is 0.0370. The largest absolute Gasteiger partial charge is 0.422 e. The quantitative estimate of drug-likeness (QED) is 0.118. The molecule has 0 saturated heterocycles. The number of nitrogens with zero attached hydrogens (tertiary/aromatic N) is 1. The Bertz CT molecular complexity index is 1540. The SMILES string of the molecule is O=C(CNC(=O)c1cccc(Br)c1)N/N=C\c1c(OC(=O)c2ccc(Cl)cc2Cl)ccc2ccccc12. The Kier molecular flexibility index (Phi) is 8.55. The van der Waals surface area contributed by atoms with Crippen LogP contribution >= 0.6 is 39.1 Å². The first-order valence-electron chi connectivity index (χ1n) is 10.9. The van der Waals surface area contributed by atoms with Crippen molar-refractivity contribution in [2.75, 3.05) is 6.54 Å². The van der Waals surface area contributed by atoms with E-state index >= 15 is 0 Å². The number of carbonyl (C=O) groups excluding carboxylic acids is 3. The Hall–Kier alpha value is -3.72. The number of hydrogen-bond acceptors (Lipinski definition) is 5. The number of hydrazone groups is 1. The molecule has 0 aromatic heterocycles. The van der Waals surface area contributed by atoms with Crippen LogP contribution in [-0.2, 0) is 4.79 Å². The first kappa shape index (κ1) is 26.3. The highest BCUT2D eigenvalue weighted by atomic mass is 79.9. The summed E-state index contributed by atoms with van der Waals surface area (Å²) in [5.41, 5.74) is 3.40. The van der Waals surface area contributed by atoms with Gasteiger partial charge in [-0.1, -0.05) is 75.5 Å². The van der Waals surface area contributed by atoms with E-state index in [0.29, 0.717) is 16.1 Å². The molecule has 0 bridgehead atoms. The van der Waals surface area contributed by atoms with Crippen LogP contribution < -0.4 is 15.5 Å². The lowest BCUT2D eigenvalue weighted by atomic mass is 10.0. The summed E-state index contributed by atoms with van der Waals surface area (Å²) >= 11 is 15.4. The van der Waals surface area contributed by atoms with Gasteiger partial charge in [0.1, 0.15) is 5.75 Å². The van der Waals surface area contributed by atoms with Crippen LogP contribution in [0.3, 0.4) is 0 Å². The van der Waals surface area contributed by atoms with Crippen molar-refractivity contribution in [3.8, 4) is 5.75 Å². The van der Waals surface area contributed by atoms with Gasteiger partial charge in [-0.15, -0.1) is 0 Å². The summed E-state index contributed by atoms with van der Waals surface area (Å²) in [6.07, 6.45) is 1.38. The molecule has 0 aliphatic heterocycles. The van der Waals surface area contributed by atoms with E-state index < -0.39 is 17.8 Å². The summed E-state index contributed by atoms with van der Waals surface area (Å²) in [7, 11) is 0. The molecular formula is C27H18BrCl2N3O4. The van der Waals surface area contributed by atoms with E-state index in [-0.39, 0.29) is 22.9 Å². The predicted molar refractivity (Wildman–Crippen MR) is 148 cm³/mol. The van der Waals surface area contributed by atoms with E-state index in [2.05, 4.69) is 31.8 Å². The monoisotopic (exact) mass is 597 g/mol. The van der Waals surface area contributed by atoms with Gasteiger partial charge in [0.2, 0.25) is 0 Å². The second-order valence-corrected chi connectivity index (χ2v) is 9.46. The van der Waals surface area contributed by atoms with Crippen LogP contribution in [0.2, 0.25) is 10.0 Å². The number of carbonyl (C=O) groups is 3. The number of amides is 2.